The van der Waals surface area contributed by atoms with Crippen LogP contribution in [0.4, 0.5) is 0 Å². The molecule has 50 valence electrons. The Morgan fingerprint density at radius 3 is 2.67 bits per heavy atom. The molecule has 0 unspecified atom stereocenters. The first-order chi connectivity index (χ1) is 4.41. The Labute approximate surface area is 54.5 Å². The van der Waals surface area contributed by atoms with Crippen molar-refractivity contribution in [1.29, 1.82) is 0 Å². The van der Waals surface area contributed by atoms with Crippen LogP contribution >= 0.6 is 0 Å². The van der Waals surface area contributed by atoms with Gasteiger partial charge >= 0.3 is 0 Å². The van der Waals surface area contributed by atoms with E-state index in [1.165, 1.54) is 6.08 Å². The maximum absolute atomic E-state index is 9.73. The lowest BCUT2D eigenvalue weighted by atomic mass is 10.3. The van der Waals surface area contributed by atoms with Gasteiger partial charge in [-0.3, -0.25) is 0 Å². The fourth-order valence-corrected chi connectivity index (χ4v) is 0.371. The van der Waals surface area contributed by atoms with E-state index in [0.29, 0.717) is 12.8 Å². The average molecular weight is 126 g/mol. The zero-order valence-corrected chi connectivity index (χ0v) is 5.21. The van der Waals surface area contributed by atoms with Gasteiger partial charge in [-0.2, -0.15) is 0 Å². The van der Waals surface area contributed by atoms with Crippen LogP contribution in [0.5, 0.6) is 0 Å². The number of aliphatic hydroxyl groups excluding tert-OH is 1. The highest BCUT2D eigenvalue weighted by Crippen LogP contribution is 1.83. The van der Waals surface area contributed by atoms with Gasteiger partial charge in [0, 0.05) is 6.42 Å². The van der Waals surface area contributed by atoms with Crippen molar-refractivity contribution >= 4 is 6.29 Å². The van der Waals surface area contributed by atoms with Gasteiger partial charge in [-0.25, -0.2) is 0 Å². The van der Waals surface area contributed by atoms with Crippen molar-refractivity contribution in [3.8, 4) is 0 Å². The third-order valence-electron chi connectivity index (χ3n) is 0.756. The lowest BCUT2D eigenvalue weighted by Gasteiger charge is -1.75. The summed E-state index contributed by atoms with van der Waals surface area (Å²) in [5.41, 5.74) is 2.71. The van der Waals surface area contributed by atoms with Crippen LogP contribution in [0.1, 0.15) is 12.8 Å². The highest BCUT2D eigenvalue weighted by molar-refractivity contribution is 5.49. The maximum Gasteiger partial charge on any atom is 0.120 e. The number of hydrogen-bond donors (Lipinski definition) is 1. The van der Waals surface area contributed by atoms with Crippen LogP contribution in [-0.4, -0.2) is 18.0 Å². The van der Waals surface area contributed by atoms with Gasteiger partial charge in [-0.05, 0) is 18.6 Å². The minimum absolute atomic E-state index is 0.0115. The van der Waals surface area contributed by atoms with Gasteiger partial charge < -0.3 is 9.90 Å². The molecule has 9 heavy (non-hydrogen) atoms. The molecular weight excluding hydrogens is 116 g/mol. The van der Waals surface area contributed by atoms with Crippen LogP contribution in [0, 0.1) is 0 Å². The molecule has 0 bridgehead atoms. The van der Waals surface area contributed by atoms with Gasteiger partial charge in [-0.15, -0.1) is 5.73 Å². The zero-order valence-electron chi connectivity index (χ0n) is 5.21. The molecule has 0 radical (unpaired) electrons. The fraction of sp³-hybridized carbons (Fsp3) is 0.429. The molecule has 0 aromatic rings. The Hall–Kier alpha value is -0.850. The van der Waals surface area contributed by atoms with Gasteiger partial charge in [0.25, 0.3) is 0 Å². The molecule has 0 fully saturated rings. The predicted octanol–water partition coefficient (Wildman–Crippen LogP) is 0.669. The van der Waals surface area contributed by atoms with Crippen LogP contribution in [-0.2, 0) is 4.79 Å². The minimum Gasteiger partial charge on any atom is -0.392 e. The first-order valence-electron chi connectivity index (χ1n) is 2.85. The summed E-state index contributed by atoms with van der Waals surface area (Å²) in [6, 6.07) is 0. The van der Waals surface area contributed by atoms with E-state index >= 15 is 0 Å². The molecular formula is C7H10O2. The molecule has 0 aromatic heterocycles. The fourth-order valence-electron chi connectivity index (χ4n) is 0.371. The van der Waals surface area contributed by atoms with Gasteiger partial charge in [0.05, 0.1) is 6.61 Å². The Balaban J connectivity index is 3.23. The van der Waals surface area contributed by atoms with Crippen molar-refractivity contribution in [3.05, 3.63) is 17.9 Å². The van der Waals surface area contributed by atoms with E-state index in [2.05, 4.69) is 5.73 Å². The Bertz CT molecular complexity index is 121. The van der Waals surface area contributed by atoms with Crippen molar-refractivity contribution < 1.29 is 9.90 Å². The summed E-state index contributed by atoms with van der Waals surface area (Å²) in [4.78, 5) is 9.73. The Morgan fingerprint density at radius 2 is 2.11 bits per heavy atom. The first kappa shape index (κ1) is 8.15. The maximum atomic E-state index is 9.73. The van der Waals surface area contributed by atoms with E-state index < -0.39 is 0 Å². The van der Waals surface area contributed by atoms with Crippen molar-refractivity contribution in [2.24, 2.45) is 0 Å². The quantitative estimate of drug-likeness (QED) is 0.341. The van der Waals surface area contributed by atoms with E-state index in [1.807, 2.05) is 0 Å². The van der Waals surface area contributed by atoms with Crippen molar-refractivity contribution in [1.82, 2.24) is 0 Å². The van der Waals surface area contributed by atoms with E-state index in [1.54, 1.807) is 6.08 Å². The second kappa shape index (κ2) is 7.15. The standard InChI is InChI=1S/C7H10O2/c8-6-4-2-1-3-5-7-9/h1,5-6,9H,2,4,7H2. The SMILES string of the molecule is O=CCCC=C=CCO. The van der Waals surface area contributed by atoms with Crippen LogP contribution in [0.3, 0.4) is 0 Å². The van der Waals surface area contributed by atoms with E-state index in [-0.39, 0.29) is 6.61 Å². The molecule has 1 N–H and O–H groups in total. The van der Waals surface area contributed by atoms with Crippen molar-refractivity contribution in [2.75, 3.05) is 6.61 Å². The van der Waals surface area contributed by atoms with Crippen LogP contribution in [0.15, 0.2) is 17.9 Å². The monoisotopic (exact) mass is 126 g/mol. The van der Waals surface area contributed by atoms with Gasteiger partial charge in [0.1, 0.15) is 6.29 Å². The number of carbonyl (C=O) groups is 1. The van der Waals surface area contributed by atoms with Gasteiger partial charge in [0.2, 0.25) is 0 Å². The van der Waals surface area contributed by atoms with E-state index in [9.17, 15) is 4.79 Å². The normalized spacial score (nSPS) is 7.67. The second-order valence-corrected chi connectivity index (χ2v) is 1.50. The molecule has 0 amide bonds. The smallest absolute Gasteiger partial charge is 0.120 e. The molecule has 0 spiro atoms. The van der Waals surface area contributed by atoms with E-state index in [4.69, 9.17) is 5.11 Å². The molecule has 2 heteroatoms. The molecule has 0 aliphatic rings. The van der Waals surface area contributed by atoms with Crippen LogP contribution < -0.4 is 0 Å². The third kappa shape index (κ3) is 7.15. The number of rotatable bonds is 4. The summed E-state index contributed by atoms with van der Waals surface area (Å²) in [6.45, 7) is 0.0115. The topological polar surface area (TPSA) is 37.3 Å². The van der Waals surface area contributed by atoms with Crippen LogP contribution in [0.2, 0.25) is 0 Å². The molecule has 0 aromatic carbocycles. The highest BCUT2D eigenvalue weighted by atomic mass is 16.2. The van der Waals surface area contributed by atoms with Crippen molar-refractivity contribution in [3.63, 3.8) is 0 Å². The van der Waals surface area contributed by atoms with Gasteiger partial charge in [0.15, 0.2) is 0 Å². The summed E-state index contributed by atoms with van der Waals surface area (Å²) in [7, 11) is 0. The number of unbranched alkanes of at least 4 members (excludes halogenated alkanes) is 1. The molecule has 0 atom stereocenters. The average Bonchev–Trinajstić information content (AvgIpc) is 1.89. The Kier molecular flexibility index (Phi) is 6.47. The zero-order chi connectivity index (χ0) is 6.95. The number of hydrogen-bond acceptors (Lipinski definition) is 2. The largest absolute Gasteiger partial charge is 0.392 e. The number of aliphatic hydroxyl groups is 1. The molecule has 0 rings (SSSR count). The lowest BCUT2D eigenvalue weighted by molar-refractivity contribution is -0.107. The lowest BCUT2D eigenvalue weighted by Crippen LogP contribution is -1.69. The molecule has 0 saturated heterocycles. The summed E-state index contributed by atoms with van der Waals surface area (Å²) in [6.07, 6.45) is 5.33. The summed E-state index contributed by atoms with van der Waals surface area (Å²) in [5.74, 6) is 0. The minimum atomic E-state index is 0.0115. The number of carbonyl (C=O) groups excluding carboxylic acids is 1. The highest BCUT2D eigenvalue weighted by Gasteiger charge is 1.73. The van der Waals surface area contributed by atoms with Crippen molar-refractivity contribution in [2.45, 2.75) is 12.8 Å². The van der Waals surface area contributed by atoms with Crippen LogP contribution in [0.25, 0.3) is 0 Å². The van der Waals surface area contributed by atoms with Gasteiger partial charge in [-0.1, -0.05) is 0 Å². The number of aldehydes is 1. The van der Waals surface area contributed by atoms with E-state index in [0.717, 1.165) is 6.29 Å². The second-order valence-electron chi connectivity index (χ2n) is 1.50. The Morgan fingerprint density at radius 1 is 1.33 bits per heavy atom. The molecule has 0 aliphatic heterocycles. The summed E-state index contributed by atoms with van der Waals surface area (Å²) in [5, 5.41) is 8.22. The molecule has 0 saturated carbocycles. The molecule has 0 heterocycles. The predicted molar refractivity (Wildman–Crippen MR) is 35.0 cm³/mol. The summed E-state index contributed by atoms with van der Waals surface area (Å²) >= 11 is 0. The first-order valence-corrected chi connectivity index (χ1v) is 2.85. The third-order valence-corrected chi connectivity index (χ3v) is 0.756. The molecule has 2 nitrogen and oxygen atoms in total. The molecule has 0 aliphatic carbocycles. The summed E-state index contributed by atoms with van der Waals surface area (Å²) < 4.78 is 0.